The maximum atomic E-state index is 5.80. The predicted molar refractivity (Wildman–Crippen MR) is 55.0 cm³/mol. The Kier molecular flexibility index (Phi) is 2.11. The molecule has 0 spiro atoms. The number of nitrogen functional groups attached to an aromatic ring is 1. The van der Waals surface area contributed by atoms with Crippen LogP contribution in [0.15, 0.2) is 10.5 Å². The molecule has 2 aromatic rings. The van der Waals surface area contributed by atoms with E-state index < -0.39 is 0 Å². The summed E-state index contributed by atoms with van der Waals surface area (Å²) >= 11 is 0. The van der Waals surface area contributed by atoms with Gasteiger partial charge in [0.05, 0.1) is 11.4 Å². The molecule has 0 fully saturated rings. The van der Waals surface area contributed by atoms with E-state index in [0.29, 0.717) is 17.3 Å². The summed E-state index contributed by atoms with van der Waals surface area (Å²) < 4.78 is 5.44. The molecule has 0 saturated carbocycles. The highest BCUT2D eigenvalue weighted by Gasteiger charge is 2.08. The van der Waals surface area contributed by atoms with E-state index >= 15 is 0 Å². The lowest BCUT2D eigenvalue weighted by Crippen LogP contribution is -1.95. The molecule has 0 saturated heterocycles. The summed E-state index contributed by atoms with van der Waals surface area (Å²) in [4.78, 5) is 8.57. The summed E-state index contributed by atoms with van der Waals surface area (Å²) in [5.74, 6) is 0.708. The lowest BCUT2D eigenvalue weighted by Gasteiger charge is -1.98. The summed E-state index contributed by atoms with van der Waals surface area (Å²) in [5.41, 5.74) is 8.70. The molecule has 0 unspecified atom stereocenters. The smallest absolute Gasteiger partial charge is 0.247 e. The molecule has 0 bridgehead atoms. The highest BCUT2D eigenvalue weighted by atomic mass is 16.4. The first-order valence-corrected chi connectivity index (χ1v) is 4.79. The molecule has 2 N–H and O–H groups in total. The molecule has 0 atom stereocenters. The molecule has 0 aromatic carbocycles. The van der Waals surface area contributed by atoms with Gasteiger partial charge >= 0.3 is 0 Å². The molecular formula is C10H13N3O. The van der Waals surface area contributed by atoms with Gasteiger partial charge in [0.2, 0.25) is 5.71 Å². The summed E-state index contributed by atoms with van der Waals surface area (Å²) in [6, 6.07) is 1.82. The fourth-order valence-electron chi connectivity index (χ4n) is 1.40. The van der Waals surface area contributed by atoms with Crippen LogP contribution in [0.25, 0.3) is 11.2 Å². The molecule has 0 amide bonds. The standard InChI is InChI=1S/C10H13N3O/c1-3-7-6(11)5-8-10(13-7)14-9(4-2)12-8/h5H,3-4,11H2,1-2H3. The molecular weight excluding hydrogens is 178 g/mol. The van der Waals surface area contributed by atoms with Gasteiger partial charge in [0.1, 0.15) is 5.52 Å². The molecule has 2 rings (SSSR count). The van der Waals surface area contributed by atoms with Crippen molar-refractivity contribution in [2.45, 2.75) is 26.7 Å². The van der Waals surface area contributed by atoms with Crippen molar-refractivity contribution < 1.29 is 4.42 Å². The SMILES string of the molecule is CCc1nc2cc(N)c(CC)nc2o1. The first-order chi connectivity index (χ1) is 6.74. The van der Waals surface area contributed by atoms with Gasteiger partial charge in [-0.15, -0.1) is 0 Å². The van der Waals surface area contributed by atoms with Crippen molar-refractivity contribution >= 4 is 16.9 Å². The average Bonchev–Trinajstić information content (AvgIpc) is 2.58. The Morgan fingerprint density at radius 2 is 2.07 bits per heavy atom. The zero-order valence-electron chi connectivity index (χ0n) is 8.37. The Labute approximate surface area is 82.1 Å². The van der Waals surface area contributed by atoms with Gasteiger partial charge in [-0.1, -0.05) is 13.8 Å². The van der Waals surface area contributed by atoms with Crippen LogP contribution in [0.3, 0.4) is 0 Å². The van der Waals surface area contributed by atoms with E-state index in [-0.39, 0.29) is 0 Å². The largest absolute Gasteiger partial charge is 0.422 e. The molecule has 0 aliphatic heterocycles. The second kappa shape index (κ2) is 3.29. The van der Waals surface area contributed by atoms with Crippen LogP contribution in [0.5, 0.6) is 0 Å². The lowest BCUT2D eigenvalue weighted by molar-refractivity contribution is 0.528. The van der Waals surface area contributed by atoms with E-state index in [1.165, 1.54) is 0 Å². The van der Waals surface area contributed by atoms with Crippen LogP contribution in [0, 0.1) is 0 Å². The number of nitrogens with zero attached hydrogens (tertiary/aromatic N) is 2. The van der Waals surface area contributed by atoms with Crippen LogP contribution in [-0.4, -0.2) is 9.97 Å². The second-order valence-electron chi connectivity index (χ2n) is 3.16. The van der Waals surface area contributed by atoms with Crippen LogP contribution in [-0.2, 0) is 12.8 Å². The molecule has 4 nitrogen and oxygen atoms in total. The predicted octanol–water partition coefficient (Wildman–Crippen LogP) is 1.93. The zero-order valence-corrected chi connectivity index (χ0v) is 8.37. The van der Waals surface area contributed by atoms with Gasteiger partial charge in [-0.2, -0.15) is 0 Å². The highest BCUT2D eigenvalue weighted by Crippen LogP contribution is 2.19. The average molecular weight is 191 g/mol. The Morgan fingerprint density at radius 3 is 2.71 bits per heavy atom. The summed E-state index contributed by atoms with van der Waals surface area (Å²) in [6.07, 6.45) is 1.58. The lowest BCUT2D eigenvalue weighted by atomic mass is 10.2. The van der Waals surface area contributed by atoms with Crippen molar-refractivity contribution in [2.75, 3.05) is 5.73 Å². The van der Waals surface area contributed by atoms with Crippen LogP contribution in [0.4, 0.5) is 5.69 Å². The van der Waals surface area contributed by atoms with Gasteiger partial charge in [-0.05, 0) is 12.5 Å². The first kappa shape index (κ1) is 8.99. The van der Waals surface area contributed by atoms with E-state index in [2.05, 4.69) is 9.97 Å². The third-order valence-corrected chi connectivity index (χ3v) is 2.18. The second-order valence-corrected chi connectivity index (χ2v) is 3.16. The summed E-state index contributed by atoms with van der Waals surface area (Å²) in [7, 11) is 0. The molecule has 2 aromatic heterocycles. The fraction of sp³-hybridized carbons (Fsp3) is 0.400. The number of fused-ring (bicyclic) bond motifs is 1. The molecule has 4 heteroatoms. The van der Waals surface area contributed by atoms with Crippen molar-refractivity contribution in [2.24, 2.45) is 0 Å². The van der Waals surface area contributed by atoms with Crippen LogP contribution in [0.1, 0.15) is 25.4 Å². The summed E-state index contributed by atoms with van der Waals surface area (Å²) in [6.45, 7) is 4.01. The maximum absolute atomic E-state index is 5.80. The van der Waals surface area contributed by atoms with Crippen molar-refractivity contribution in [1.82, 2.24) is 9.97 Å². The van der Waals surface area contributed by atoms with Gasteiger partial charge < -0.3 is 10.2 Å². The molecule has 14 heavy (non-hydrogen) atoms. The number of hydrogen-bond donors (Lipinski definition) is 1. The number of rotatable bonds is 2. The summed E-state index contributed by atoms with van der Waals surface area (Å²) in [5, 5.41) is 0. The normalized spacial score (nSPS) is 11.0. The first-order valence-electron chi connectivity index (χ1n) is 4.79. The minimum absolute atomic E-state index is 0.591. The molecule has 2 heterocycles. The minimum Gasteiger partial charge on any atom is -0.422 e. The monoisotopic (exact) mass is 191 g/mol. The number of nitrogens with two attached hydrogens (primary N) is 1. The number of oxazole rings is 1. The number of anilines is 1. The van der Waals surface area contributed by atoms with Crippen LogP contribution < -0.4 is 5.73 Å². The van der Waals surface area contributed by atoms with Gasteiger partial charge in [0, 0.05) is 6.42 Å². The van der Waals surface area contributed by atoms with Gasteiger partial charge in [0.25, 0.3) is 0 Å². The van der Waals surface area contributed by atoms with Crippen molar-refractivity contribution in [3.63, 3.8) is 0 Å². The van der Waals surface area contributed by atoms with Crippen molar-refractivity contribution in [3.05, 3.63) is 17.7 Å². The maximum Gasteiger partial charge on any atom is 0.247 e. The highest BCUT2D eigenvalue weighted by molar-refractivity contribution is 5.73. The number of hydrogen-bond acceptors (Lipinski definition) is 4. The Bertz CT molecular complexity index is 462. The quantitative estimate of drug-likeness (QED) is 0.787. The Hall–Kier alpha value is -1.58. The van der Waals surface area contributed by atoms with Crippen molar-refractivity contribution in [3.8, 4) is 0 Å². The third kappa shape index (κ3) is 1.32. The molecule has 0 radical (unpaired) electrons. The Morgan fingerprint density at radius 1 is 1.29 bits per heavy atom. The fourth-order valence-corrected chi connectivity index (χ4v) is 1.40. The number of aryl methyl sites for hydroxylation is 2. The van der Waals surface area contributed by atoms with Gasteiger partial charge in [-0.3, -0.25) is 0 Å². The molecule has 0 aliphatic rings. The number of aromatic nitrogens is 2. The van der Waals surface area contributed by atoms with E-state index in [1.54, 1.807) is 0 Å². The van der Waals surface area contributed by atoms with Crippen LogP contribution >= 0.6 is 0 Å². The molecule has 0 aliphatic carbocycles. The van der Waals surface area contributed by atoms with E-state index in [4.69, 9.17) is 10.2 Å². The van der Waals surface area contributed by atoms with E-state index in [0.717, 1.165) is 24.1 Å². The van der Waals surface area contributed by atoms with E-state index in [1.807, 2.05) is 19.9 Å². The molecule has 74 valence electrons. The van der Waals surface area contributed by atoms with E-state index in [9.17, 15) is 0 Å². The Balaban J connectivity index is 2.64. The van der Waals surface area contributed by atoms with Gasteiger partial charge in [-0.25, -0.2) is 9.97 Å². The van der Waals surface area contributed by atoms with Crippen LogP contribution in [0.2, 0.25) is 0 Å². The van der Waals surface area contributed by atoms with Crippen molar-refractivity contribution in [1.29, 1.82) is 0 Å². The zero-order chi connectivity index (χ0) is 10.1. The third-order valence-electron chi connectivity index (χ3n) is 2.18. The number of pyridine rings is 1. The minimum atomic E-state index is 0.591. The van der Waals surface area contributed by atoms with Gasteiger partial charge in [0.15, 0.2) is 5.89 Å². The topological polar surface area (TPSA) is 64.9 Å².